The van der Waals surface area contributed by atoms with E-state index in [1.807, 2.05) is 0 Å². The summed E-state index contributed by atoms with van der Waals surface area (Å²) >= 11 is 0. The molecule has 58 heavy (non-hydrogen) atoms. The van der Waals surface area contributed by atoms with Crippen molar-refractivity contribution in [2.24, 2.45) is 11.5 Å². The predicted octanol–water partition coefficient (Wildman–Crippen LogP) is 11.7. The molecule has 8 N–H and O–H groups in total. The molecule has 0 saturated carbocycles. The van der Waals surface area contributed by atoms with E-state index in [1.165, 1.54) is 180 Å². The first kappa shape index (κ1) is 56.6. The van der Waals surface area contributed by atoms with E-state index in [0.29, 0.717) is 32.7 Å². The molecular formula is C49H102N6O3. The molecule has 0 saturated heterocycles. The Morgan fingerprint density at radius 2 is 0.776 bits per heavy atom. The average molecular weight is 823 g/mol. The van der Waals surface area contributed by atoms with Crippen molar-refractivity contribution in [2.75, 3.05) is 45.8 Å². The first-order valence-corrected chi connectivity index (χ1v) is 25.6. The number of hydrogen-bond acceptors (Lipinski definition) is 7. The van der Waals surface area contributed by atoms with Gasteiger partial charge in [0.15, 0.2) is 0 Å². The zero-order valence-electron chi connectivity index (χ0n) is 38.9. The van der Waals surface area contributed by atoms with Crippen LogP contribution in [0.15, 0.2) is 0 Å². The lowest BCUT2D eigenvalue weighted by atomic mass is 10.0. The van der Waals surface area contributed by atoms with Gasteiger partial charge in [-0.15, -0.1) is 0 Å². The molecule has 0 fully saturated rings. The molecule has 0 aliphatic carbocycles. The van der Waals surface area contributed by atoms with Gasteiger partial charge in [0.05, 0.1) is 6.04 Å². The average Bonchev–Trinajstić information content (AvgIpc) is 3.22. The van der Waals surface area contributed by atoms with Crippen molar-refractivity contribution in [1.82, 2.24) is 21.3 Å². The zero-order valence-corrected chi connectivity index (χ0v) is 38.9. The van der Waals surface area contributed by atoms with Gasteiger partial charge < -0.3 is 37.5 Å². The first-order valence-electron chi connectivity index (χ1n) is 25.6. The topological polar surface area (TPSA) is 144 Å². The van der Waals surface area contributed by atoms with Crippen LogP contribution in [0.25, 0.3) is 0 Å². The van der Waals surface area contributed by atoms with Crippen LogP contribution in [0.3, 0.4) is 0 Å². The van der Waals surface area contributed by atoms with E-state index in [2.05, 4.69) is 35.1 Å². The SMILES string of the molecule is CCCCCCCCCCCCCCCCCC(CCCCCCCCCCCCCCCCC)OC(=O)NCCNC(=O)C(CCCNCCCN)NCCCN. The quantitative estimate of drug-likeness (QED) is 0.0335. The highest BCUT2D eigenvalue weighted by Gasteiger charge is 2.18. The second-order valence-electron chi connectivity index (χ2n) is 17.4. The van der Waals surface area contributed by atoms with Crippen LogP contribution in [0, 0.1) is 0 Å². The van der Waals surface area contributed by atoms with Crippen LogP contribution in [-0.2, 0) is 9.53 Å². The fourth-order valence-corrected chi connectivity index (χ4v) is 7.90. The molecular weight excluding hydrogens is 721 g/mol. The van der Waals surface area contributed by atoms with Gasteiger partial charge in [-0.2, -0.15) is 0 Å². The number of alkyl carbamates (subject to hydrolysis) is 1. The summed E-state index contributed by atoms with van der Waals surface area (Å²) in [4.78, 5) is 25.9. The van der Waals surface area contributed by atoms with Gasteiger partial charge in [-0.1, -0.05) is 194 Å². The number of rotatable bonds is 48. The van der Waals surface area contributed by atoms with Crippen molar-refractivity contribution < 1.29 is 14.3 Å². The lowest BCUT2D eigenvalue weighted by Gasteiger charge is -2.20. The van der Waals surface area contributed by atoms with E-state index >= 15 is 0 Å². The first-order chi connectivity index (χ1) is 28.6. The van der Waals surface area contributed by atoms with Crippen LogP contribution in [-0.4, -0.2) is 70.0 Å². The van der Waals surface area contributed by atoms with Gasteiger partial charge in [0.25, 0.3) is 0 Å². The summed E-state index contributed by atoms with van der Waals surface area (Å²) < 4.78 is 6.00. The summed E-state index contributed by atoms with van der Waals surface area (Å²) in [6.07, 6.45) is 45.5. The van der Waals surface area contributed by atoms with Crippen LogP contribution in [0.5, 0.6) is 0 Å². The van der Waals surface area contributed by atoms with Crippen LogP contribution in [0.4, 0.5) is 4.79 Å². The lowest BCUT2D eigenvalue weighted by Crippen LogP contribution is -2.47. The van der Waals surface area contributed by atoms with Gasteiger partial charge in [0.1, 0.15) is 6.10 Å². The van der Waals surface area contributed by atoms with E-state index in [4.69, 9.17) is 16.2 Å². The Morgan fingerprint density at radius 3 is 1.19 bits per heavy atom. The number of hydrogen-bond donors (Lipinski definition) is 6. The summed E-state index contributed by atoms with van der Waals surface area (Å²) in [5.74, 6) is -0.0339. The fourth-order valence-electron chi connectivity index (χ4n) is 7.90. The number of unbranched alkanes of at least 4 members (excludes halogenated alkanes) is 28. The molecule has 346 valence electrons. The van der Waals surface area contributed by atoms with E-state index in [0.717, 1.165) is 64.5 Å². The van der Waals surface area contributed by atoms with Crippen molar-refractivity contribution in [3.8, 4) is 0 Å². The molecule has 0 aromatic carbocycles. The molecule has 0 aliphatic heterocycles. The summed E-state index contributed by atoms with van der Waals surface area (Å²) in [5, 5.41) is 12.7. The molecule has 0 bridgehead atoms. The van der Waals surface area contributed by atoms with Crippen LogP contribution in [0.2, 0.25) is 0 Å². The third-order valence-electron chi connectivity index (χ3n) is 11.7. The molecule has 1 atom stereocenters. The monoisotopic (exact) mass is 823 g/mol. The number of nitrogens with two attached hydrogens (primary N) is 2. The van der Waals surface area contributed by atoms with Crippen LogP contribution in [0.1, 0.15) is 245 Å². The molecule has 0 aliphatic rings. The fraction of sp³-hybridized carbons (Fsp3) is 0.959. The molecule has 0 heterocycles. The Balaban J connectivity index is 4.47. The van der Waals surface area contributed by atoms with Gasteiger partial charge in [0.2, 0.25) is 5.91 Å². The van der Waals surface area contributed by atoms with Crippen molar-refractivity contribution in [3.63, 3.8) is 0 Å². The molecule has 0 aromatic heterocycles. The summed E-state index contributed by atoms with van der Waals surface area (Å²) in [7, 11) is 0. The maximum Gasteiger partial charge on any atom is 0.407 e. The number of carbonyl (C=O) groups is 2. The van der Waals surface area contributed by atoms with Crippen molar-refractivity contribution in [3.05, 3.63) is 0 Å². The number of carbonyl (C=O) groups excluding carboxylic acids is 2. The van der Waals surface area contributed by atoms with E-state index in [9.17, 15) is 9.59 Å². The highest BCUT2D eigenvalue weighted by atomic mass is 16.6. The highest BCUT2D eigenvalue weighted by Crippen LogP contribution is 2.19. The van der Waals surface area contributed by atoms with Crippen LogP contribution >= 0.6 is 0 Å². The zero-order chi connectivity index (χ0) is 42.3. The predicted molar refractivity (Wildman–Crippen MR) is 252 cm³/mol. The Morgan fingerprint density at radius 1 is 0.414 bits per heavy atom. The van der Waals surface area contributed by atoms with Crippen LogP contribution < -0.4 is 32.7 Å². The van der Waals surface area contributed by atoms with Crippen molar-refractivity contribution >= 4 is 12.0 Å². The Hall–Kier alpha value is -1.42. The standard InChI is InChI=1S/C49H102N6O3/c1-3-5-7-9-11-13-15-17-19-21-23-25-27-29-31-36-46(37-32-30-28-26-24-22-20-18-16-14-12-10-8-6-4-2)58-49(57)55-45-44-54-48(56)47(53-43-35-40-51)38-33-41-52-42-34-39-50/h46-47,52-53H,3-45,50-51H2,1-2H3,(H,54,56)(H,55,57). The molecule has 0 radical (unpaired) electrons. The minimum absolute atomic E-state index is 0.0339. The third kappa shape index (κ3) is 42.7. The summed E-state index contributed by atoms with van der Waals surface area (Å²) in [6.45, 7) is 9.04. The highest BCUT2D eigenvalue weighted by molar-refractivity contribution is 5.81. The smallest absolute Gasteiger partial charge is 0.407 e. The molecule has 9 heteroatoms. The second kappa shape index (κ2) is 48.2. The number of ether oxygens (including phenoxy) is 1. The van der Waals surface area contributed by atoms with E-state index in [1.54, 1.807) is 0 Å². The van der Waals surface area contributed by atoms with Crippen molar-refractivity contribution in [1.29, 1.82) is 0 Å². The van der Waals surface area contributed by atoms with Gasteiger partial charge in [0, 0.05) is 13.1 Å². The number of nitrogens with one attached hydrogen (secondary N) is 4. The van der Waals surface area contributed by atoms with Gasteiger partial charge in [-0.3, -0.25) is 4.79 Å². The normalized spacial score (nSPS) is 12.0. The van der Waals surface area contributed by atoms with Crippen molar-refractivity contribution in [2.45, 2.75) is 257 Å². The molecule has 0 spiro atoms. The second-order valence-corrected chi connectivity index (χ2v) is 17.4. The Labute approximate surface area is 361 Å². The molecule has 0 rings (SSSR count). The Bertz CT molecular complexity index is 800. The molecule has 1 unspecified atom stereocenters. The van der Waals surface area contributed by atoms with Gasteiger partial charge >= 0.3 is 6.09 Å². The molecule has 9 nitrogen and oxygen atoms in total. The minimum Gasteiger partial charge on any atom is -0.446 e. The van der Waals surface area contributed by atoms with E-state index < -0.39 is 0 Å². The lowest BCUT2D eigenvalue weighted by molar-refractivity contribution is -0.123. The van der Waals surface area contributed by atoms with E-state index in [-0.39, 0.29) is 24.1 Å². The molecule has 0 aromatic rings. The third-order valence-corrected chi connectivity index (χ3v) is 11.7. The van der Waals surface area contributed by atoms with Gasteiger partial charge in [-0.25, -0.2) is 4.79 Å². The number of amides is 2. The Kier molecular flexibility index (Phi) is 47.1. The summed E-state index contributed by atoms with van der Waals surface area (Å²) in [5.41, 5.74) is 11.3. The maximum atomic E-state index is 13.0. The largest absolute Gasteiger partial charge is 0.446 e. The van der Waals surface area contributed by atoms with Gasteiger partial charge in [-0.05, 0) is 84.1 Å². The summed E-state index contributed by atoms with van der Waals surface area (Å²) in [6, 6.07) is -0.274. The minimum atomic E-state index is -0.359. The molecule has 2 amide bonds. The maximum absolute atomic E-state index is 13.0.